The van der Waals surface area contributed by atoms with Crippen LogP contribution in [0.5, 0.6) is 0 Å². The molecule has 0 spiro atoms. The van der Waals surface area contributed by atoms with Crippen molar-refractivity contribution in [2.24, 2.45) is 0 Å². The third-order valence-electron chi connectivity index (χ3n) is 2.66. The van der Waals surface area contributed by atoms with E-state index >= 15 is 0 Å². The van der Waals surface area contributed by atoms with Gasteiger partial charge >= 0.3 is 0 Å². The Bertz CT molecular complexity index is 298. The highest BCUT2D eigenvalue weighted by molar-refractivity contribution is 5.27. The molecule has 1 aromatic rings. The van der Waals surface area contributed by atoms with Gasteiger partial charge in [-0.1, -0.05) is 45.0 Å². The average Bonchev–Trinajstić information content (AvgIpc) is 2.24. The van der Waals surface area contributed by atoms with Crippen molar-refractivity contribution in [3.63, 3.8) is 0 Å². The van der Waals surface area contributed by atoms with Crippen LogP contribution in [0, 0.1) is 0 Å². The first kappa shape index (κ1) is 13.2. The van der Waals surface area contributed by atoms with Gasteiger partial charge in [-0.05, 0) is 23.0 Å². The highest BCUT2D eigenvalue weighted by Crippen LogP contribution is 2.22. The molecule has 0 heterocycles. The molecule has 2 heteroatoms. The van der Waals surface area contributed by atoms with Gasteiger partial charge < -0.3 is 4.74 Å². The van der Waals surface area contributed by atoms with E-state index in [4.69, 9.17) is 4.74 Å². The van der Waals surface area contributed by atoms with Crippen LogP contribution in [0.2, 0.25) is 0 Å². The van der Waals surface area contributed by atoms with E-state index in [0.717, 1.165) is 13.0 Å². The molecule has 0 radical (unpaired) electrons. The molecule has 2 nitrogen and oxygen atoms in total. The summed E-state index contributed by atoms with van der Waals surface area (Å²) in [6, 6.07) is 8.89. The Kier molecular flexibility index (Phi) is 4.97. The maximum absolute atomic E-state index is 4.93. The number of hydrogen-bond acceptors (Lipinski definition) is 2. The zero-order valence-electron chi connectivity index (χ0n) is 10.8. The van der Waals surface area contributed by atoms with Gasteiger partial charge in [0, 0.05) is 13.7 Å². The number of nitrogens with one attached hydrogen (secondary N) is 1. The molecule has 0 atom stereocenters. The van der Waals surface area contributed by atoms with Gasteiger partial charge in [-0.3, -0.25) is 5.32 Å². The minimum atomic E-state index is 0.243. The lowest BCUT2D eigenvalue weighted by atomic mass is 9.86. The van der Waals surface area contributed by atoms with Gasteiger partial charge in [0.2, 0.25) is 0 Å². The Labute approximate surface area is 99.0 Å². The number of rotatable bonds is 5. The molecule has 0 saturated heterocycles. The van der Waals surface area contributed by atoms with Crippen molar-refractivity contribution < 1.29 is 4.74 Å². The summed E-state index contributed by atoms with van der Waals surface area (Å²) in [5.74, 6) is 0. The van der Waals surface area contributed by atoms with Gasteiger partial charge in [-0.25, -0.2) is 0 Å². The molecular weight excluding hydrogens is 198 g/mol. The van der Waals surface area contributed by atoms with Crippen LogP contribution in [0.4, 0.5) is 0 Å². The Morgan fingerprint density at radius 1 is 1.12 bits per heavy atom. The molecule has 0 amide bonds. The van der Waals surface area contributed by atoms with Crippen LogP contribution in [-0.2, 0) is 16.6 Å². The zero-order valence-corrected chi connectivity index (χ0v) is 10.8. The zero-order chi connectivity index (χ0) is 12.0. The van der Waals surface area contributed by atoms with E-state index < -0.39 is 0 Å². The molecule has 0 aromatic heterocycles. The smallest absolute Gasteiger partial charge is 0.0961 e. The molecule has 1 aromatic carbocycles. The average molecular weight is 221 g/mol. The molecule has 0 aliphatic heterocycles. The van der Waals surface area contributed by atoms with E-state index in [2.05, 4.69) is 50.4 Å². The second-order valence-electron chi connectivity index (χ2n) is 5.13. The lowest BCUT2D eigenvalue weighted by Gasteiger charge is -2.19. The second-order valence-corrected chi connectivity index (χ2v) is 5.13. The molecule has 1 N–H and O–H groups in total. The number of benzene rings is 1. The molecule has 0 aliphatic rings. The molecule has 0 bridgehead atoms. The predicted octanol–water partition coefficient (Wildman–Crippen LogP) is 2.72. The first-order valence-electron chi connectivity index (χ1n) is 5.83. The highest BCUT2D eigenvalue weighted by atomic mass is 16.5. The van der Waals surface area contributed by atoms with Gasteiger partial charge in [0.1, 0.15) is 0 Å². The SMILES string of the molecule is COCNCCc1ccc(C(C)(C)C)cc1. The van der Waals surface area contributed by atoms with Gasteiger partial charge in [0.25, 0.3) is 0 Å². The summed E-state index contributed by atoms with van der Waals surface area (Å²) in [5.41, 5.74) is 3.00. The van der Waals surface area contributed by atoms with Gasteiger partial charge in [0.05, 0.1) is 6.73 Å². The summed E-state index contributed by atoms with van der Waals surface area (Å²) < 4.78 is 4.93. The molecule has 0 unspecified atom stereocenters. The van der Waals surface area contributed by atoms with Crippen LogP contribution in [0.15, 0.2) is 24.3 Å². The van der Waals surface area contributed by atoms with E-state index in [1.165, 1.54) is 11.1 Å². The van der Waals surface area contributed by atoms with Crippen molar-refractivity contribution in [2.45, 2.75) is 32.6 Å². The maximum atomic E-state index is 4.93. The molecule has 0 aliphatic carbocycles. The third-order valence-corrected chi connectivity index (χ3v) is 2.66. The van der Waals surface area contributed by atoms with E-state index in [0.29, 0.717) is 6.73 Å². The Morgan fingerprint density at radius 3 is 2.25 bits per heavy atom. The van der Waals surface area contributed by atoms with Crippen molar-refractivity contribution in [3.8, 4) is 0 Å². The Balaban J connectivity index is 2.46. The quantitative estimate of drug-likeness (QED) is 0.610. The number of ether oxygens (including phenoxy) is 1. The van der Waals surface area contributed by atoms with Crippen molar-refractivity contribution in [2.75, 3.05) is 20.4 Å². The molecular formula is C14H23NO. The summed E-state index contributed by atoms with van der Waals surface area (Å²) in [6.07, 6.45) is 1.05. The minimum Gasteiger partial charge on any atom is -0.370 e. The van der Waals surface area contributed by atoms with Crippen LogP contribution < -0.4 is 5.32 Å². The van der Waals surface area contributed by atoms with Crippen LogP contribution in [-0.4, -0.2) is 20.4 Å². The van der Waals surface area contributed by atoms with Crippen molar-refractivity contribution in [1.82, 2.24) is 5.32 Å². The fourth-order valence-corrected chi connectivity index (χ4v) is 1.58. The van der Waals surface area contributed by atoms with E-state index in [9.17, 15) is 0 Å². The largest absolute Gasteiger partial charge is 0.370 e. The molecule has 0 saturated carbocycles. The van der Waals surface area contributed by atoms with Crippen LogP contribution >= 0.6 is 0 Å². The standard InChI is InChI=1S/C14H23NO/c1-14(2,3)13-7-5-12(6-8-13)9-10-15-11-16-4/h5-8,15H,9-11H2,1-4H3. The fraction of sp³-hybridized carbons (Fsp3) is 0.571. The molecule has 90 valence electrons. The minimum absolute atomic E-state index is 0.243. The van der Waals surface area contributed by atoms with E-state index in [-0.39, 0.29) is 5.41 Å². The van der Waals surface area contributed by atoms with Crippen molar-refractivity contribution in [1.29, 1.82) is 0 Å². The fourth-order valence-electron chi connectivity index (χ4n) is 1.58. The first-order chi connectivity index (χ1) is 7.54. The van der Waals surface area contributed by atoms with E-state index in [1.54, 1.807) is 7.11 Å². The summed E-state index contributed by atoms with van der Waals surface area (Å²) >= 11 is 0. The van der Waals surface area contributed by atoms with Crippen LogP contribution in [0.25, 0.3) is 0 Å². The number of methoxy groups -OCH3 is 1. The normalized spacial score (nSPS) is 11.8. The lowest BCUT2D eigenvalue weighted by molar-refractivity contribution is 0.176. The summed E-state index contributed by atoms with van der Waals surface area (Å²) in [6.45, 7) is 8.30. The van der Waals surface area contributed by atoms with Crippen LogP contribution in [0.1, 0.15) is 31.9 Å². The Hall–Kier alpha value is -0.860. The lowest BCUT2D eigenvalue weighted by Crippen LogP contribution is -2.19. The molecule has 16 heavy (non-hydrogen) atoms. The topological polar surface area (TPSA) is 21.3 Å². The maximum Gasteiger partial charge on any atom is 0.0961 e. The summed E-state index contributed by atoms with van der Waals surface area (Å²) in [4.78, 5) is 0. The summed E-state index contributed by atoms with van der Waals surface area (Å²) in [7, 11) is 1.70. The number of hydrogen-bond donors (Lipinski definition) is 1. The van der Waals surface area contributed by atoms with Gasteiger partial charge in [-0.15, -0.1) is 0 Å². The second kappa shape index (κ2) is 6.02. The van der Waals surface area contributed by atoms with Crippen LogP contribution in [0.3, 0.4) is 0 Å². The predicted molar refractivity (Wildman–Crippen MR) is 68.7 cm³/mol. The van der Waals surface area contributed by atoms with Gasteiger partial charge in [-0.2, -0.15) is 0 Å². The molecule has 0 fully saturated rings. The van der Waals surface area contributed by atoms with Crippen molar-refractivity contribution >= 4 is 0 Å². The molecule has 1 rings (SSSR count). The van der Waals surface area contributed by atoms with Gasteiger partial charge in [0.15, 0.2) is 0 Å². The monoisotopic (exact) mass is 221 g/mol. The van der Waals surface area contributed by atoms with E-state index in [1.807, 2.05) is 0 Å². The Morgan fingerprint density at radius 2 is 1.75 bits per heavy atom. The highest BCUT2D eigenvalue weighted by Gasteiger charge is 2.12. The first-order valence-corrected chi connectivity index (χ1v) is 5.83. The summed E-state index contributed by atoms with van der Waals surface area (Å²) in [5, 5.41) is 3.21. The van der Waals surface area contributed by atoms with Crippen molar-refractivity contribution in [3.05, 3.63) is 35.4 Å². The third kappa shape index (κ3) is 4.33.